The minimum absolute atomic E-state index is 0.509. The highest BCUT2D eigenvalue weighted by Crippen LogP contribution is 2.31. The maximum Gasteiger partial charge on any atom is 0.128 e. The minimum Gasteiger partial charge on any atom is -0.496 e. The molecule has 0 aliphatic rings. The van der Waals surface area contributed by atoms with E-state index in [2.05, 4.69) is 24.8 Å². The van der Waals surface area contributed by atoms with Gasteiger partial charge in [-0.3, -0.25) is 0 Å². The van der Waals surface area contributed by atoms with Crippen molar-refractivity contribution >= 4 is 28.9 Å². The zero-order chi connectivity index (χ0) is 17.5. The smallest absolute Gasteiger partial charge is 0.128 e. The van der Waals surface area contributed by atoms with Gasteiger partial charge < -0.3 is 9.64 Å². The van der Waals surface area contributed by atoms with E-state index in [0.29, 0.717) is 10.6 Å². The molecular formula is C20H21ClN2O. The summed E-state index contributed by atoms with van der Waals surface area (Å²) in [6.45, 7) is 6.10. The molecule has 124 valence electrons. The van der Waals surface area contributed by atoms with Crippen molar-refractivity contribution < 1.29 is 4.74 Å². The van der Waals surface area contributed by atoms with E-state index in [-0.39, 0.29) is 0 Å². The first-order chi connectivity index (χ1) is 11.6. The second-order valence-corrected chi connectivity index (χ2v) is 5.66. The maximum absolute atomic E-state index is 9.52. The molecule has 0 saturated carbocycles. The first kappa shape index (κ1) is 17.9. The van der Waals surface area contributed by atoms with Crippen LogP contribution in [0, 0.1) is 11.3 Å². The highest BCUT2D eigenvalue weighted by molar-refractivity contribution is 6.32. The molecule has 2 aromatic carbocycles. The second-order valence-electron chi connectivity index (χ2n) is 5.25. The van der Waals surface area contributed by atoms with Gasteiger partial charge in [-0.25, -0.2) is 0 Å². The Labute approximate surface area is 148 Å². The van der Waals surface area contributed by atoms with E-state index < -0.39 is 0 Å². The third-order valence-electron chi connectivity index (χ3n) is 3.93. The standard InChI is InChI=1S/C20H21ClN2O/c1-4-23(5-2)17-11-10-15(20(13-17)24-3)12-16(14-22)18-8-6-7-9-19(18)21/h6-13H,4-5H2,1-3H3. The summed E-state index contributed by atoms with van der Waals surface area (Å²) in [5, 5.41) is 10.1. The Morgan fingerprint density at radius 3 is 2.50 bits per heavy atom. The molecule has 2 rings (SSSR count). The predicted octanol–water partition coefficient (Wildman–Crippen LogP) is 5.26. The molecule has 4 heteroatoms. The summed E-state index contributed by atoms with van der Waals surface area (Å²) in [7, 11) is 1.64. The zero-order valence-electron chi connectivity index (χ0n) is 14.2. The lowest BCUT2D eigenvalue weighted by atomic mass is 10.0. The van der Waals surface area contributed by atoms with Crippen LogP contribution in [0.2, 0.25) is 5.02 Å². The van der Waals surface area contributed by atoms with Gasteiger partial charge in [-0.1, -0.05) is 29.8 Å². The number of benzene rings is 2. The van der Waals surface area contributed by atoms with E-state index in [4.69, 9.17) is 16.3 Å². The van der Waals surface area contributed by atoms with Crippen LogP contribution in [0.4, 0.5) is 5.69 Å². The predicted molar refractivity (Wildman–Crippen MR) is 101 cm³/mol. The molecule has 0 fully saturated rings. The first-order valence-electron chi connectivity index (χ1n) is 7.94. The summed E-state index contributed by atoms with van der Waals surface area (Å²) < 4.78 is 5.52. The van der Waals surface area contributed by atoms with Gasteiger partial charge in [0, 0.05) is 41.0 Å². The van der Waals surface area contributed by atoms with E-state index in [1.807, 2.05) is 42.5 Å². The van der Waals surface area contributed by atoms with Crippen molar-refractivity contribution in [2.75, 3.05) is 25.1 Å². The first-order valence-corrected chi connectivity index (χ1v) is 8.32. The summed E-state index contributed by atoms with van der Waals surface area (Å²) in [6, 6.07) is 15.6. The van der Waals surface area contributed by atoms with Crippen molar-refractivity contribution in [3.8, 4) is 11.8 Å². The Morgan fingerprint density at radius 1 is 1.21 bits per heavy atom. The Bertz CT molecular complexity index is 773. The normalized spacial score (nSPS) is 11.0. The van der Waals surface area contributed by atoms with Gasteiger partial charge in [0.25, 0.3) is 0 Å². The van der Waals surface area contributed by atoms with Gasteiger partial charge in [-0.15, -0.1) is 0 Å². The van der Waals surface area contributed by atoms with Crippen LogP contribution >= 0.6 is 11.6 Å². The summed E-state index contributed by atoms with van der Waals surface area (Å²) in [5.74, 6) is 0.735. The maximum atomic E-state index is 9.52. The largest absolute Gasteiger partial charge is 0.496 e. The molecule has 0 aliphatic heterocycles. The molecule has 3 nitrogen and oxygen atoms in total. The molecule has 0 aromatic heterocycles. The van der Waals surface area contributed by atoms with E-state index in [9.17, 15) is 5.26 Å². The Kier molecular flexibility index (Phi) is 6.28. The van der Waals surface area contributed by atoms with Crippen molar-refractivity contribution in [3.63, 3.8) is 0 Å². The Balaban J connectivity index is 2.48. The molecule has 0 radical (unpaired) electrons. The van der Waals surface area contributed by atoms with E-state index >= 15 is 0 Å². The van der Waals surface area contributed by atoms with E-state index in [0.717, 1.165) is 35.7 Å². The molecule has 2 aromatic rings. The average molecular weight is 341 g/mol. The SMILES string of the molecule is CCN(CC)c1ccc(C=C(C#N)c2ccccc2Cl)c(OC)c1. The van der Waals surface area contributed by atoms with Crippen molar-refractivity contribution in [1.82, 2.24) is 0 Å². The summed E-state index contributed by atoms with van der Waals surface area (Å²) in [4.78, 5) is 2.25. The van der Waals surface area contributed by atoms with Crippen LogP contribution in [0.3, 0.4) is 0 Å². The minimum atomic E-state index is 0.509. The molecule has 0 atom stereocenters. The van der Waals surface area contributed by atoms with Gasteiger partial charge in [0.15, 0.2) is 0 Å². The lowest BCUT2D eigenvalue weighted by Gasteiger charge is -2.22. The Morgan fingerprint density at radius 2 is 1.92 bits per heavy atom. The molecule has 0 spiro atoms. The number of hydrogen-bond acceptors (Lipinski definition) is 3. The van der Waals surface area contributed by atoms with E-state index in [1.54, 1.807) is 13.2 Å². The lowest BCUT2D eigenvalue weighted by Crippen LogP contribution is -2.21. The molecule has 0 amide bonds. The molecule has 0 heterocycles. The van der Waals surface area contributed by atoms with Crippen LogP contribution < -0.4 is 9.64 Å². The van der Waals surface area contributed by atoms with Crippen LogP contribution in [0.25, 0.3) is 11.6 Å². The summed E-state index contributed by atoms with van der Waals surface area (Å²) >= 11 is 6.21. The zero-order valence-corrected chi connectivity index (χ0v) is 15.0. The van der Waals surface area contributed by atoms with Gasteiger partial charge in [0.05, 0.1) is 18.8 Å². The number of hydrogen-bond donors (Lipinski definition) is 0. The van der Waals surface area contributed by atoms with Crippen molar-refractivity contribution in [3.05, 3.63) is 58.6 Å². The average Bonchev–Trinajstić information content (AvgIpc) is 2.62. The number of halogens is 1. The van der Waals surface area contributed by atoms with Crippen LogP contribution in [-0.4, -0.2) is 20.2 Å². The number of allylic oxidation sites excluding steroid dienone is 1. The summed E-state index contributed by atoms with van der Waals surface area (Å²) in [5.41, 5.74) is 3.18. The Hall–Kier alpha value is -2.44. The molecule has 0 saturated heterocycles. The highest BCUT2D eigenvalue weighted by Gasteiger charge is 2.10. The fourth-order valence-electron chi connectivity index (χ4n) is 2.61. The number of rotatable bonds is 6. The third kappa shape index (κ3) is 3.90. The third-order valence-corrected chi connectivity index (χ3v) is 4.26. The number of nitrogens with zero attached hydrogens (tertiary/aromatic N) is 2. The number of methoxy groups -OCH3 is 1. The number of anilines is 1. The highest BCUT2D eigenvalue weighted by atomic mass is 35.5. The van der Waals surface area contributed by atoms with Gasteiger partial charge in [-0.05, 0) is 38.1 Å². The molecular weight excluding hydrogens is 320 g/mol. The fourth-order valence-corrected chi connectivity index (χ4v) is 2.85. The molecule has 0 N–H and O–H groups in total. The lowest BCUT2D eigenvalue weighted by molar-refractivity contribution is 0.414. The summed E-state index contributed by atoms with van der Waals surface area (Å²) in [6.07, 6.45) is 1.81. The molecule has 0 aliphatic carbocycles. The molecule has 0 bridgehead atoms. The van der Waals surface area contributed by atoms with Gasteiger partial charge >= 0.3 is 0 Å². The number of ether oxygens (including phenoxy) is 1. The van der Waals surface area contributed by atoms with Crippen LogP contribution in [0.15, 0.2) is 42.5 Å². The van der Waals surface area contributed by atoms with Crippen LogP contribution in [0.1, 0.15) is 25.0 Å². The van der Waals surface area contributed by atoms with Gasteiger partial charge in [0.1, 0.15) is 5.75 Å². The van der Waals surface area contributed by atoms with Crippen molar-refractivity contribution in [2.24, 2.45) is 0 Å². The van der Waals surface area contributed by atoms with Gasteiger partial charge in [-0.2, -0.15) is 5.26 Å². The quantitative estimate of drug-likeness (QED) is 0.531. The van der Waals surface area contributed by atoms with Crippen LogP contribution in [0.5, 0.6) is 5.75 Å². The number of nitriles is 1. The monoisotopic (exact) mass is 340 g/mol. The van der Waals surface area contributed by atoms with Gasteiger partial charge in [0.2, 0.25) is 0 Å². The second kappa shape index (κ2) is 8.42. The fraction of sp³-hybridized carbons (Fsp3) is 0.250. The topological polar surface area (TPSA) is 36.3 Å². The van der Waals surface area contributed by atoms with Crippen LogP contribution in [-0.2, 0) is 0 Å². The van der Waals surface area contributed by atoms with Crippen molar-refractivity contribution in [2.45, 2.75) is 13.8 Å². The van der Waals surface area contributed by atoms with E-state index in [1.165, 1.54) is 0 Å². The van der Waals surface area contributed by atoms with Crippen molar-refractivity contribution in [1.29, 1.82) is 5.26 Å². The molecule has 0 unspecified atom stereocenters. The molecule has 24 heavy (non-hydrogen) atoms.